The Morgan fingerprint density at radius 3 is 2.75 bits per heavy atom. The Kier molecular flexibility index (Phi) is 10.1. The standard InChI is InChI=1S/C11H12N2O5S.K/c1-2-18-8(14)6-19-10-7(4-3-5-12-10)13-9(15)11(16)17;/h3-5H,2,6H2,1H3,(H,13,15)(H,16,17);/q;+1/p-1. The van der Waals surface area contributed by atoms with Crippen molar-refractivity contribution < 1.29 is 75.6 Å². The summed E-state index contributed by atoms with van der Waals surface area (Å²) in [7, 11) is 0. The molecule has 102 valence electrons. The number of hydrogen-bond donors (Lipinski definition) is 1. The second-order valence-corrected chi connectivity index (χ2v) is 4.16. The van der Waals surface area contributed by atoms with Crippen LogP contribution in [0.15, 0.2) is 23.4 Å². The number of pyridine rings is 1. The number of carboxylic acid groups (broad SMARTS) is 1. The number of carbonyl (C=O) groups is 3. The van der Waals surface area contributed by atoms with Crippen LogP contribution in [0.1, 0.15) is 6.92 Å². The molecule has 0 fully saturated rings. The molecule has 7 nitrogen and oxygen atoms in total. The molecule has 0 radical (unpaired) electrons. The average Bonchev–Trinajstić information content (AvgIpc) is 2.38. The van der Waals surface area contributed by atoms with Crippen molar-refractivity contribution in [3.63, 3.8) is 0 Å². The summed E-state index contributed by atoms with van der Waals surface area (Å²) < 4.78 is 4.74. The van der Waals surface area contributed by atoms with Gasteiger partial charge in [-0.25, -0.2) is 4.98 Å². The van der Waals surface area contributed by atoms with Crippen LogP contribution >= 0.6 is 11.8 Å². The SMILES string of the molecule is CCOC(=O)CSc1ncccc1NC(=O)C(=O)[O-].[K+]. The fourth-order valence-corrected chi connectivity index (χ4v) is 1.85. The van der Waals surface area contributed by atoms with Crippen molar-refractivity contribution in [2.75, 3.05) is 17.7 Å². The van der Waals surface area contributed by atoms with Gasteiger partial charge >= 0.3 is 57.4 Å². The number of amides is 1. The summed E-state index contributed by atoms with van der Waals surface area (Å²) in [4.78, 5) is 36.5. The molecule has 0 atom stereocenters. The van der Waals surface area contributed by atoms with E-state index in [1.54, 1.807) is 6.92 Å². The number of hydrogen-bond acceptors (Lipinski definition) is 7. The third-order valence-electron chi connectivity index (χ3n) is 1.84. The van der Waals surface area contributed by atoms with E-state index in [9.17, 15) is 19.5 Å². The summed E-state index contributed by atoms with van der Waals surface area (Å²) in [5.41, 5.74) is 0.200. The Balaban J connectivity index is 0.00000361. The van der Waals surface area contributed by atoms with Crippen molar-refractivity contribution in [2.24, 2.45) is 0 Å². The molecule has 1 heterocycles. The fraction of sp³-hybridized carbons (Fsp3) is 0.273. The van der Waals surface area contributed by atoms with Gasteiger partial charge in [0.2, 0.25) is 0 Å². The maximum atomic E-state index is 11.2. The van der Waals surface area contributed by atoms with Crippen molar-refractivity contribution >= 4 is 35.3 Å². The number of carbonyl (C=O) groups excluding carboxylic acids is 3. The van der Waals surface area contributed by atoms with Gasteiger partial charge in [0.25, 0.3) is 5.91 Å². The van der Waals surface area contributed by atoms with Crippen LogP contribution in [-0.2, 0) is 19.1 Å². The van der Waals surface area contributed by atoms with E-state index in [0.29, 0.717) is 5.03 Å². The molecule has 0 saturated carbocycles. The quantitative estimate of drug-likeness (QED) is 0.258. The molecule has 1 amide bonds. The Morgan fingerprint density at radius 2 is 2.15 bits per heavy atom. The number of esters is 1. The third-order valence-corrected chi connectivity index (χ3v) is 2.82. The van der Waals surface area contributed by atoms with E-state index < -0.39 is 17.8 Å². The third kappa shape index (κ3) is 6.82. The zero-order chi connectivity index (χ0) is 14.3. The molecule has 0 saturated heterocycles. The molecule has 0 unspecified atom stereocenters. The van der Waals surface area contributed by atoms with Gasteiger partial charge in [-0.15, -0.1) is 0 Å². The molecule has 9 heteroatoms. The smallest absolute Gasteiger partial charge is 0.540 e. The molecule has 0 aliphatic carbocycles. The largest absolute Gasteiger partial charge is 1.00 e. The van der Waals surface area contributed by atoms with Crippen LogP contribution in [0.2, 0.25) is 0 Å². The van der Waals surface area contributed by atoms with E-state index >= 15 is 0 Å². The van der Waals surface area contributed by atoms with E-state index in [2.05, 4.69) is 10.3 Å². The maximum absolute atomic E-state index is 11.2. The number of anilines is 1. The van der Waals surface area contributed by atoms with E-state index in [0.717, 1.165) is 11.8 Å². The molecule has 0 bridgehead atoms. The van der Waals surface area contributed by atoms with Gasteiger partial charge in [0.05, 0.1) is 18.0 Å². The first-order chi connectivity index (χ1) is 9.04. The molecular weight excluding hydrogens is 311 g/mol. The molecule has 1 aromatic heterocycles. The minimum atomic E-state index is -1.84. The Labute approximate surface area is 162 Å². The minimum absolute atomic E-state index is 0. The molecule has 0 aliphatic heterocycles. The normalized spacial score (nSPS) is 9.25. The van der Waals surface area contributed by atoms with Crippen molar-refractivity contribution in [2.45, 2.75) is 11.9 Å². The molecule has 1 N–H and O–H groups in total. The van der Waals surface area contributed by atoms with Gasteiger partial charge in [0, 0.05) is 6.20 Å². The van der Waals surface area contributed by atoms with Crippen molar-refractivity contribution in [1.29, 1.82) is 0 Å². The number of aliphatic carboxylic acids is 1. The number of nitrogens with one attached hydrogen (secondary N) is 1. The van der Waals surface area contributed by atoms with Crippen molar-refractivity contribution in [1.82, 2.24) is 4.98 Å². The van der Waals surface area contributed by atoms with E-state index in [4.69, 9.17) is 4.74 Å². The number of thioether (sulfide) groups is 1. The van der Waals surface area contributed by atoms with Gasteiger partial charge in [-0.05, 0) is 19.1 Å². The van der Waals surface area contributed by atoms with E-state index in [-0.39, 0.29) is 69.4 Å². The second kappa shape index (κ2) is 10.3. The molecule has 1 rings (SSSR count). The minimum Gasteiger partial charge on any atom is -0.540 e. The summed E-state index contributed by atoms with van der Waals surface area (Å²) in [6.45, 7) is 1.96. The molecule has 1 aromatic rings. The predicted octanol–water partition coefficient (Wildman–Crippen LogP) is -3.57. The summed E-state index contributed by atoms with van der Waals surface area (Å²) >= 11 is 1.04. The van der Waals surface area contributed by atoms with Crippen LogP contribution < -0.4 is 61.8 Å². The van der Waals surface area contributed by atoms with Gasteiger partial charge in [-0.3, -0.25) is 9.59 Å². The second-order valence-electron chi connectivity index (χ2n) is 3.19. The van der Waals surface area contributed by atoms with Crippen LogP contribution in [-0.4, -0.2) is 35.2 Å². The topological polar surface area (TPSA) is 108 Å². The number of rotatable bonds is 5. The average molecular weight is 322 g/mol. The zero-order valence-corrected chi connectivity index (χ0v) is 15.0. The van der Waals surface area contributed by atoms with Crippen LogP contribution in [0.25, 0.3) is 0 Å². The van der Waals surface area contributed by atoms with Crippen molar-refractivity contribution in [3.8, 4) is 0 Å². The van der Waals surface area contributed by atoms with E-state index in [1.807, 2.05) is 0 Å². The molecule has 20 heavy (non-hydrogen) atoms. The monoisotopic (exact) mass is 322 g/mol. The number of nitrogens with zero attached hydrogens (tertiary/aromatic N) is 1. The van der Waals surface area contributed by atoms with Gasteiger partial charge < -0.3 is 20.0 Å². The van der Waals surface area contributed by atoms with Crippen LogP contribution in [0, 0.1) is 0 Å². The Bertz CT molecular complexity index is 497. The molecule has 0 spiro atoms. The van der Waals surface area contributed by atoms with Gasteiger partial charge in [-0.1, -0.05) is 11.8 Å². The maximum Gasteiger partial charge on any atom is 1.00 e. The number of carboxylic acids is 1. The van der Waals surface area contributed by atoms with E-state index in [1.165, 1.54) is 18.3 Å². The molecular formula is C11H11KN2O5S. The van der Waals surface area contributed by atoms with Gasteiger partial charge in [0.1, 0.15) is 11.0 Å². The van der Waals surface area contributed by atoms with Gasteiger partial charge in [-0.2, -0.15) is 0 Å². The number of ether oxygens (including phenoxy) is 1. The Morgan fingerprint density at radius 1 is 1.45 bits per heavy atom. The summed E-state index contributed by atoms with van der Waals surface area (Å²) in [5.74, 6) is -3.52. The first-order valence-electron chi connectivity index (χ1n) is 5.30. The first kappa shape index (κ1) is 19.5. The Hall–Kier alpha value is -0.454. The van der Waals surface area contributed by atoms with Crippen LogP contribution in [0.3, 0.4) is 0 Å². The fourth-order valence-electron chi connectivity index (χ4n) is 1.10. The van der Waals surface area contributed by atoms with Crippen LogP contribution in [0.5, 0.6) is 0 Å². The number of aromatic nitrogens is 1. The predicted molar refractivity (Wildman–Crippen MR) is 65.2 cm³/mol. The molecule has 0 aliphatic rings. The first-order valence-corrected chi connectivity index (χ1v) is 6.29. The summed E-state index contributed by atoms with van der Waals surface area (Å²) in [6, 6.07) is 3.00. The van der Waals surface area contributed by atoms with Crippen LogP contribution in [0.4, 0.5) is 5.69 Å². The van der Waals surface area contributed by atoms with Crippen molar-refractivity contribution in [3.05, 3.63) is 18.3 Å². The zero-order valence-electron chi connectivity index (χ0n) is 11.0. The molecule has 0 aromatic carbocycles. The van der Waals surface area contributed by atoms with Gasteiger partial charge in [0.15, 0.2) is 0 Å². The summed E-state index contributed by atoms with van der Waals surface area (Å²) in [5, 5.41) is 12.8. The summed E-state index contributed by atoms with van der Waals surface area (Å²) in [6.07, 6.45) is 1.46.